The zero-order valence-electron chi connectivity index (χ0n) is 10.1. The Morgan fingerprint density at radius 1 is 1.22 bits per heavy atom. The van der Waals surface area contributed by atoms with Gasteiger partial charge in [0.25, 0.3) is 5.56 Å². The molecule has 0 radical (unpaired) electrons. The van der Waals surface area contributed by atoms with E-state index in [0.29, 0.717) is 5.69 Å². The molecule has 94 valence electrons. The average Bonchev–Trinajstić information content (AvgIpc) is 2.27. The third kappa shape index (κ3) is 2.38. The van der Waals surface area contributed by atoms with Crippen LogP contribution in [0.4, 0.5) is 0 Å². The topological polar surface area (TPSA) is 55.1 Å². The molecule has 0 aliphatic carbocycles. The fourth-order valence-corrected chi connectivity index (χ4v) is 2.03. The lowest BCUT2D eigenvalue weighted by molar-refractivity contribution is 0.460. The maximum Gasteiger partial charge on any atom is 0.275 e. The molecule has 0 amide bonds. The first kappa shape index (κ1) is 12.6. The summed E-state index contributed by atoms with van der Waals surface area (Å²) in [5, 5.41) is 13.6. The van der Waals surface area contributed by atoms with E-state index < -0.39 is 0 Å². The number of hydrogen-bond acceptors (Lipinski definition) is 3. The van der Waals surface area contributed by atoms with E-state index in [2.05, 4.69) is 5.10 Å². The molecule has 0 saturated heterocycles. The van der Waals surface area contributed by atoms with Crippen LogP contribution in [-0.2, 0) is 5.88 Å². The van der Waals surface area contributed by atoms with Crippen LogP contribution in [0, 0.1) is 13.8 Å². The lowest BCUT2D eigenvalue weighted by Crippen LogP contribution is -2.21. The molecule has 0 atom stereocenters. The van der Waals surface area contributed by atoms with Crippen LogP contribution in [0.15, 0.2) is 29.1 Å². The predicted molar refractivity (Wildman–Crippen MR) is 70.5 cm³/mol. The summed E-state index contributed by atoms with van der Waals surface area (Å²) in [6.07, 6.45) is 0. The zero-order chi connectivity index (χ0) is 13.3. The Bertz CT molecular complexity index is 630. The maximum atomic E-state index is 11.8. The summed E-state index contributed by atoms with van der Waals surface area (Å²) in [4.78, 5) is 11.8. The number of halogens is 1. The van der Waals surface area contributed by atoms with Crippen LogP contribution < -0.4 is 5.56 Å². The van der Waals surface area contributed by atoms with Crippen LogP contribution in [0.2, 0.25) is 0 Å². The van der Waals surface area contributed by atoms with Gasteiger partial charge in [-0.1, -0.05) is 6.07 Å². The number of rotatable bonds is 2. The van der Waals surface area contributed by atoms with E-state index in [1.165, 1.54) is 4.68 Å². The second-order valence-corrected chi connectivity index (χ2v) is 4.47. The molecule has 2 rings (SSSR count). The van der Waals surface area contributed by atoms with E-state index in [1.807, 2.05) is 32.0 Å². The summed E-state index contributed by atoms with van der Waals surface area (Å²) < 4.78 is 1.25. The fraction of sp³-hybridized carbons (Fsp3) is 0.231. The lowest BCUT2D eigenvalue weighted by atomic mass is 10.1. The Balaban J connectivity index is 2.67. The monoisotopic (exact) mass is 264 g/mol. The summed E-state index contributed by atoms with van der Waals surface area (Å²) in [5.74, 6) is -0.118. The molecule has 4 nitrogen and oxygen atoms in total. The first-order valence-corrected chi connectivity index (χ1v) is 6.01. The van der Waals surface area contributed by atoms with E-state index in [9.17, 15) is 9.90 Å². The highest BCUT2D eigenvalue weighted by Crippen LogP contribution is 2.16. The minimum Gasteiger partial charge on any atom is -0.506 e. The average molecular weight is 265 g/mol. The van der Waals surface area contributed by atoms with Gasteiger partial charge in [0.2, 0.25) is 0 Å². The number of nitrogens with zero attached hydrogens (tertiary/aromatic N) is 2. The first-order valence-electron chi connectivity index (χ1n) is 5.48. The minimum absolute atomic E-state index is 0.0525. The molecular formula is C13H13ClN2O2. The van der Waals surface area contributed by atoms with Gasteiger partial charge in [0, 0.05) is 6.07 Å². The third-order valence-corrected chi connectivity index (χ3v) is 2.82. The number of hydrogen-bond donors (Lipinski definition) is 1. The molecule has 0 unspecified atom stereocenters. The van der Waals surface area contributed by atoms with Crippen LogP contribution in [0.25, 0.3) is 5.69 Å². The van der Waals surface area contributed by atoms with Crippen LogP contribution in [0.1, 0.15) is 16.8 Å². The van der Waals surface area contributed by atoms with Gasteiger partial charge in [-0.15, -0.1) is 11.6 Å². The predicted octanol–water partition coefficient (Wildman–Crippen LogP) is 2.29. The minimum atomic E-state index is -0.383. The summed E-state index contributed by atoms with van der Waals surface area (Å²) in [6.45, 7) is 3.90. The van der Waals surface area contributed by atoms with Crippen LogP contribution in [0.3, 0.4) is 0 Å². The summed E-state index contributed by atoms with van der Waals surface area (Å²) >= 11 is 5.67. The lowest BCUT2D eigenvalue weighted by Gasteiger charge is -2.09. The molecule has 1 aromatic heterocycles. The van der Waals surface area contributed by atoms with Gasteiger partial charge in [0.1, 0.15) is 11.4 Å². The second kappa shape index (κ2) is 4.82. The summed E-state index contributed by atoms with van der Waals surface area (Å²) in [7, 11) is 0. The fourth-order valence-electron chi connectivity index (χ4n) is 1.84. The van der Waals surface area contributed by atoms with Gasteiger partial charge in [-0.25, -0.2) is 0 Å². The number of alkyl halides is 1. The van der Waals surface area contributed by atoms with Crippen molar-refractivity contribution in [2.45, 2.75) is 19.7 Å². The number of aromatic nitrogens is 2. The molecule has 0 spiro atoms. The molecule has 0 fully saturated rings. The van der Waals surface area contributed by atoms with E-state index in [-0.39, 0.29) is 22.9 Å². The van der Waals surface area contributed by atoms with Gasteiger partial charge in [0.05, 0.1) is 11.6 Å². The van der Waals surface area contributed by atoms with Crippen LogP contribution in [-0.4, -0.2) is 14.9 Å². The van der Waals surface area contributed by atoms with Gasteiger partial charge in [-0.2, -0.15) is 9.78 Å². The van der Waals surface area contributed by atoms with Crippen LogP contribution >= 0.6 is 11.6 Å². The van der Waals surface area contributed by atoms with Crippen molar-refractivity contribution >= 4 is 11.6 Å². The molecule has 0 saturated carbocycles. The van der Waals surface area contributed by atoms with E-state index in [0.717, 1.165) is 17.2 Å². The number of aryl methyl sites for hydroxylation is 2. The molecule has 0 aliphatic rings. The molecule has 1 N–H and O–H groups in total. The van der Waals surface area contributed by atoms with Gasteiger partial charge in [0.15, 0.2) is 0 Å². The summed E-state index contributed by atoms with van der Waals surface area (Å²) in [5.41, 5.74) is 2.66. The molecular weight excluding hydrogens is 252 g/mol. The molecule has 1 aromatic carbocycles. The van der Waals surface area contributed by atoms with Crippen molar-refractivity contribution in [3.05, 3.63) is 51.4 Å². The molecule has 0 bridgehead atoms. The van der Waals surface area contributed by atoms with Gasteiger partial charge < -0.3 is 5.11 Å². The normalized spacial score (nSPS) is 10.6. The smallest absolute Gasteiger partial charge is 0.275 e. The quantitative estimate of drug-likeness (QED) is 0.847. The second-order valence-electron chi connectivity index (χ2n) is 4.21. The maximum absolute atomic E-state index is 11.8. The highest BCUT2D eigenvalue weighted by molar-refractivity contribution is 6.17. The Kier molecular flexibility index (Phi) is 3.39. The van der Waals surface area contributed by atoms with Crippen molar-refractivity contribution in [1.29, 1.82) is 0 Å². The highest BCUT2D eigenvalue weighted by atomic mass is 35.5. The van der Waals surface area contributed by atoms with Crippen LogP contribution in [0.5, 0.6) is 5.75 Å². The van der Waals surface area contributed by atoms with Gasteiger partial charge in [-0.05, 0) is 37.1 Å². The first-order chi connectivity index (χ1) is 8.51. The molecule has 5 heteroatoms. The molecule has 1 heterocycles. The Hall–Kier alpha value is -1.81. The molecule has 2 aromatic rings. The van der Waals surface area contributed by atoms with Crippen molar-refractivity contribution in [1.82, 2.24) is 9.78 Å². The van der Waals surface area contributed by atoms with Crippen molar-refractivity contribution in [3.63, 3.8) is 0 Å². The van der Waals surface area contributed by atoms with E-state index in [1.54, 1.807) is 0 Å². The summed E-state index contributed by atoms with van der Waals surface area (Å²) in [6, 6.07) is 6.85. The van der Waals surface area contributed by atoms with Crippen molar-refractivity contribution in [2.75, 3.05) is 0 Å². The SMILES string of the molecule is Cc1cc(C)cc(-n2nc(CCl)c(O)cc2=O)c1. The zero-order valence-corrected chi connectivity index (χ0v) is 10.9. The molecule has 0 aliphatic heterocycles. The van der Waals surface area contributed by atoms with Crippen molar-refractivity contribution < 1.29 is 5.11 Å². The van der Waals surface area contributed by atoms with Gasteiger partial charge >= 0.3 is 0 Å². The number of benzene rings is 1. The van der Waals surface area contributed by atoms with E-state index >= 15 is 0 Å². The highest BCUT2D eigenvalue weighted by Gasteiger charge is 2.09. The number of aromatic hydroxyl groups is 1. The third-order valence-electron chi connectivity index (χ3n) is 2.56. The van der Waals surface area contributed by atoms with Crippen molar-refractivity contribution in [3.8, 4) is 11.4 Å². The van der Waals surface area contributed by atoms with Gasteiger partial charge in [-0.3, -0.25) is 4.79 Å². The Morgan fingerprint density at radius 3 is 2.39 bits per heavy atom. The standard InChI is InChI=1S/C13H13ClN2O2/c1-8-3-9(2)5-10(4-8)16-13(18)6-12(17)11(7-14)15-16/h3-6,17H,7H2,1-2H3. The Morgan fingerprint density at radius 2 is 1.83 bits per heavy atom. The largest absolute Gasteiger partial charge is 0.506 e. The molecule has 18 heavy (non-hydrogen) atoms. The Labute approximate surface area is 109 Å². The van der Waals surface area contributed by atoms with E-state index in [4.69, 9.17) is 11.6 Å². The van der Waals surface area contributed by atoms with Crippen molar-refractivity contribution in [2.24, 2.45) is 0 Å².